The zero-order valence-corrected chi connectivity index (χ0v) is 14.9. The van der Waals surface area contributed by atoms with E-state index in [4.69, 9.17) is 19.6 Å². The largest absolute Gasteiger partial charge is 0.395 e. The topological polar surface area (TPSA) is 171 Å². The molecule has 0 amide bonds. The molecule has 0 radical (unpaired) electrons. The van der Waals surface area contributed by atoms with Crippen molar-refractivity contribution in [3.8, 4) is 0 Å². The Morgan fingerprint density at radius 2 is 1.05 bits per heavy atom. The smallest absolute Gasteiger partial charge is 0.334 e. The number of aliphatic hydroxyl groups is 4. The van der Waals surface area contributed by atoms with E-state index in [2.05, 4.69) is 4.31 Å². The molecule has 9 nitrogen and oxygen atoms in total. The van der Waals surface area contributed by atoms with E-state index in [-0.39, 0.29) is 11.8 Å². The first-order chi connectivity index (χ1) is 9.94. The summed E-state index contributed by atoms with van der Waals surface area (Å²) < 4.78 is 3.60. The number of hydrogen-bond donors (Lipinski definition) is 8. The van der Waals surface area contributed by atoms with Gasteiger partial charge in [0.2, 0.25) is 0 Å². The van der Waals surface area contributed by atoms with Crippen molar-refractivity contribution in [3.63, 3.8) is 0 Å². The molecule has 0 unspecified atom stereocenters. The van der Waals surface area contributed by atoms with E-state index in [1.54, 1.807) is 0 Å². The fourth-order valence-electron chi connectivity index (χ4n) is 2.49. The van der Waals surface area contributed by atoms with Crippen molar-refractivity contribution in [2.24, 2.45) is 17.3 Å². The van der Waals surface area contributed by atoms with E-state index in [0.29, 0.717) is 0 Å². The summed E-state index contributed by atoms with van der Waals surface area (Å²) in [5.41, 5.74) is -2.54. The summed E-state index contributed by atoms with van der Waals surface area (Å²) >= 11 is 0. The third-order valence-corrected chi connectivity index (χ3v) is 4.83. The second-order valence-electron chi connectivity index (χ2n) is 5.48. The van der Waals surface area contributed by atoms with Crippen LogP contribution in [0.2, 0.25) is 0 Å². The molecule has 0 atom stereocenters. The lowest BCUT2D eigenvalue weighted by molar-refractivity contribution is -0.198. The molecule has 0 aliphatic rings. The Morgan fingerprint density at radius 3 is 1.09 bits per heavy atom. The fraction of sp³-hybridized carbons (Fsp3) is 1.00. The lowest BCUT2D eigenvalue weighted by Gasteiger charge is -2.49. The van der Waals surface area contributed by atoms with Gasteiger partial charge in [-0.3, -0.25) is 0 Å². The lowest BCUT2D eigenvalue weighted by atomic mass is 9.62. The Balaban J connectivity index is 0. The van der Waals surface area contributed by atoms with Crippen LogP contribution in [-0.4, -0.2) is 65.4 Å². The van der Waals surface area contributed by atoms with Gasteiger partial charge in [-0.05, 0) is 11.8 Å². The standard InChI is InChI=1S/C11H24O4.H4O5P2/c1-8(2)11(15,9(3)4)10(5-12,6-13)7-14;1-6(2)5-7(3)4/h8-9,12-15H,5-7H2,1-4H3;1-4H. The minimum Gasteiger partial charge on any atom is -0.395 e. The maximum absolute atomic E-state index is 10.6. The zero-order valence-electron chi connectivity index (χ0n) is 13.2. The van der Waals surface area contributed by atoms with Crippen LogP contribution in [-0.2, 0) is 4.31 Å². The summed E-state index contributed by atoms with van der Waals surface area (Å²) in [6, 6.07) is 0. The molecule has 0 rings (SSSR count). The molecule has 0 aliphatic carbocycles. The van der Waals surface area contributed by atoms with E-state index in [1.165, 1.54) is 0 Å². The van der Waals surface area contributed by atoms with Crippen molar-refractivity contribution in [2.75, 3.05) is 19.8 Å². The predicted molar refractivity (Wildman–Crippen MR) is 82.1 cm³/mol. The molecule has 0 aromatic carbocycles. The molecule has 0 spiro atoms. The molecule has 8 N–H and O–H groups in total. The molecular formula is C11H28O9P2. The molecule has 22 heavy (non-hydrogen) atoms. The van der Waals surface area contributed by atoms with Crippen molar-refractivity contribution in [1.82, 2.24) is 0 Å². The molecule has 0 aromatic rings. The summed E-state index contributed by atoms with van der Waals surface area (Å²) in [6.07, 6.45) is 0. The molecule has 0 saturated heterocycles. The molecule has 0 bridgehead atoms. The summed E-state index contributed by atoms with van der Waals surface area (Å²) in [7, 11) is -5.22. The Labute approximate surface area is 132 Å². The quantitative estimate of drug-likeness (QED) is 0.262. The van der Waals surface area contributed by atoms with Crippen LogP contribution in [0.25, 0.3) is 0 Å². The van der Waals surface area contributed by atoms with Crippen molar-refractivity contribution in [1.29, 1.82) is 0 Å². The van der Waals surface area contributed by atoms with Gasteiger partial charge in [-0.1, -0.05) is 27.7 Å². The highest BCUT2D eigenvalue weighted by Gasteiger charge is 2.53. The first-order valence-corrected chi connectivity index (χ1v) is 8.87. The van der Waals surface area contributed by atoms with Crippen molar-refractivity contribution >= 4 is 17.2 Å². The van der Waals surface area contributed by atoms with Crippen LogP contribution in [0.15, 0.2) is 0 Å². The van der Waals surface area contributed by atoms with E-state index >= 15 is 0 Å². The Morgan fingerprint density at radius 1 is 0.773 bits per heavy atom. The summed E-state index contributed by atoms with van der Waals surface area (Å²) in [5.74, 6) is -0.326. The van der Waals surface area contributed by atoms with Gasteiger partial charge in [0.25, 0.3) is 0 Å². The molecule has 0 heterocycles. The highest BCUT2D eigenvalue weighted by molar-refractivity contribution is 7.53. The van der Waals surface area contributed by atoms with Gasteiger partial charge in [0.05, 0.1) is 30.8 Å². The fourth-order valence-corrected chi connectivity index (χ4v) is 3.01. The second kappa shape index (κ2) is 11.1. The Kier molecular flexibility index (Phi) is 12.5. The predicted octanol–water partition coefficient (Wildman–Crippen LogP) is -0.581. The molecule has 0 aromatic heterocycles. The van der Waals surface area contributed by atoms with E-state index in [9.17, 15) is 20.4 Å². The van der Waals surface area contributed by atoms with Gasteiger partial charge in [-0.25, -0.2) is 4.31 Å². The van der Waals surface area contributed by atoms with Crippen molar-refractivity contribution in [3.05, 3.63) is 0 Å². The van der Waals surface area contributed by atoms with Crippen LogP contribution in [0.4, 0.5) is 0 Å². The minimum absolute atomic E-state index is 0.163. The van der Waals surface area contributed by atoms with Gasteiger partial charge < -0.3 is 40.0 Å². The van der Waals surface area contributed by atoms with Gasteiger partial charge in [-0.2, -0.15) is 0 Å². The normalized spacial score (nSPS) is 13.1. The van der Waals surface area contributed by atoms with Gasteiger partial charge >= 0.3 is 17.2 Å². The van der Waals surface area contributed by atoms with Gasteiger partial charge in [-0.15, -0.1) is 0 Å². The third kappa shape index (κ3) is 6.55. The molecule has 0 aliphatic heterocycles. The highest BCUT2D eigenvalue weighted by Crippen LogP contribution is 2.42. The van der Waals surface area contributed by atoms with Crippen molar-refractivity contribution < 1.29 is 44.3 Å². The summed E-state index contributed by atoms with van der Waals surface area (Å²) in [5, 5.41) is 38.6. The molecule has 0 saturated carbocycles. The third-order valence-electron chi connectivity index (χ3n) is 3.66. The van der Waals surface area contributed by atoms with E-state index in [0.717, 1.165) is 0 Å². The number of hydrogen-bond acceptors (Lipinski definition) is 9. The maximum atomic E-state index is 10.6. The first kappa shape index (κ1) is 24.7. The molecule has 0 fully saturated rings. The van der Waals surface area contributed by atoms with Crippen LogP contribution >= 0.6 is 17.2 Å². The molecular weight excluding hydrogens is 338 g/mol. The van der Waals surface area contributed by atoms with Gasteiger partial charge in [0.1, 0.15) is 0 Å². The molecule has 11 heteroatoms. The van der Waals surface area contributed by atoms with Crippen LogP contribution in [0.5, 0.6) is 0 Å². The summed E-state index contributed by atoms with van der Waals surface area (Å²) in [4.78, 5) is 31.3. The maximum Gasteiger partial charge on any atom is 0.334 e. The van der Waals surface area contributed by atoms with Crippen LogP contribution in [0.3, 0.4) is 0 Å². The van der Waals surface area contributed by atoms with Crippen LogP contribution < -0.4 is 0 Å². The average molecular weight is 366 g/mol. The van der Waals surface area contributed by atoms with Crippen LogP contribution in [0.1, 0.15) is 27.7 Å². The lowest BCUT2D eigenvalue weighted by Crippen LogP contribution is -2.61. The number of rotatable bonds is 8. The van der Waals surface area contributed by atoms with Crippen LogP contribution in [0, 0.1) is 17.3 Å². The van der Waals surface area contributed by atoms with Gasteiger partial charge in [0.15, 0.2) is 0 Å². The van der Waals surface area contributed by atoms with Crippen molar-refractivity contribution in [2.45, 2.75) is 33.3 Å². The molecule has 136 valence electrons. The zero-order chi connectivity index (χ0) is 18.1. The van der Waals surface area contributed by atoms with E-state index < -0.39 is 48.0 Å². The first-order valence-electron chi connectivity index (χ1n) is 6.53. The summed E-state index contributed by atoms with van der Waals surface area (Å²) in [6.45, 7) is 5.95. The number of aliphatic hydroxyl groups excluding tert-OH is 3. The highest BCUT2D eigenvalue weighted by atomic mass is 31.2. The average Bonchev–Trinajstić information content (AvgIpc) is 2.39. The SMILES string of the molecule is CC(C)C(O)(C(C)C)C(CO)(CO)CO.OP(O)OP(O)O. The minimum atomic E-state index is -2.61. The van der Waals surface area contributed by atoms with E-state index in [1.807, 2.05) is 27.7 Å². The second-order valence-corrected chi connectivity index (χ2v) is 7.14. The van der Waals surface area contributed by atoms with Gasteiger partial charge in [0, 0.05) is 0 Å². The monoisotopic (exact) mass is 366 g/mol. The Bertz CT molecular complexity index is 260. The Hall–Kier alpha value is 0.500.